The van der Waals surface area contributed by atoms with E-state index in [0.29, 0.717) is 12.0 Å². The fourth-order valence-electron chi connectivity index (χ4n) is 1.30. The van der Waals surface area contributed by atoms with Crippen LogP contribution in [-0.2, 0) is 0 Å². The number of hydrogen-bond donors (Lipinski definition) is 2. The van der Waals surface area contributed by atoms with Crippen LogP contribution in [0.15, 0.2) is 24.8 Å². The molecule has 0 saturated carbocycles. The van der Waals surface area contributed by atoms with Crippen molar-refractivity contribution in [3.05, 3.63) is 41.7 Å². The van der Waals surface area contributed by atoms with Gasteiger partial charge in [0, 0.05) is 17.2 Å². The Morgan fingerprint density at radius 1 is 1.64 bits per heavy atom. The Kier molecular flexibility index (Phi) is 3.25. The van der Waals surface area contributed by atoms with Gasteiger partial charge in [-0.25, -0.2) is 4.39 Å². The van der Waals surface area contributed by atoms with Crippen molar-refractivity contribution in [3.8, 4) is 5.75 Å². The lowest BCUT2D eigenvalue weighted by atomic mass is 10.0. The minimum atomic E-state index is -0.419. The summed E-state index contributed by atoms with van der Waals surface area (Å²) >= 11 is 0. The Hall–Kier alpha value is -1.35. The van der Waals surface area contributed by atoms with Crippen LogP contribution in [0, 0.1) is 12.7 Å². The van der Waals surface area contributed by atoms with Crippen LogP contribution in [0.2, 0.25) is 0 Å². The van der Waals surface area contributed by atoms with Gasteiger partial charge in [-0.1, -0.05) is 12.1 Å². The SMILES string of the molecule is C=CC[C@H](N)c1ccc(F)c(C)c1O. The first-order valence-corrected chi connectivity index (χ1v) is 4.42. The van der Waals surface area contributed by atoms with Gasteiger partial charge in [0.05, 0.1) is 0 Å². The Labute approximate surface area is 82.9 Å². The third-order valence-electron chi connectivity index (χ3n) is 2.22. The van der Waals surface area contributed by atoms with Gasteiger partial charge in [0.2, 0.25) is 0 Å². The Balaban J connectivity index is 3.10. The lowest BCUT2D eigenvalue weighted by Crippen LogP contribution is -2.09. The predicted octanol–water partition coefficient (Wildman–Crippen LogP) is 2.42. The summed E-state index contributed by atoms with van der Waals surface area (Å²) in [6.07, 6.45) is 2.22. The molecular formula is C11H14FNO. The van der Waals surface area contributed by atoms with Crippen molar-refractivity contribution in [1.29, 1.82) is 0 Å². The van der Waals surface area contributed by atoms with Crippen LogP contribution in [0.25, 0.3) is 0 Å². The van der Waals surface area contributed by atoms with Crippen LogP contribution in [0.4, 0.5) is 4.39 Å². The molecule has 14 heavy (non-hydrogen) atoms. The van der Waals surface area contributed by atoms with Crippen LogP contribution in [0.1, 0.15) is 23.6 Å². The molecule has 0 fully saturated rings. The second-order valence-corrected chi connectivity index (χ2v) is 3.24. The minimum absolute atomic E-state index is 0.0562. The molecule has 0 heterocycles. The Bertz CT molecular complexity index is 349. The number of hydrogen-bond acceptors (Lipinski definition) is 2. The third-order valence-corrected chi connectivity index (χ3v) is 2.22. The molecule has 0 saturated heterocycles. The van der Waals surface area contributed by atoms with Gasteiger partial charge in [0.1, 0.15) is 11.6 Å². The van der Waals surface area contributed by atoms with Crippen LogP contribution >= 0.6 is 0 Å². The molecule has 3 heteroatoms. The zero-order valence-electron chi connectivity index (χ0n) is 8.13. The normalized spacial score (nSPS) is 12.5. The zero-order valence-corrected chi connectivity index (χ0v) is 8.13. The van der Waals surface area contributed by atoms with Crippen LogP contribution in [0.3, 0.4) is 0 Å². The molecule has 2 nitrogen and oxygen atoms in total. The molecule has 0 unspecified atom stereocenters. The molecule has 0 radical (unpaired) electrons. The maximum Gasteiger partial charge on any atom is 0.129 e. The lowest BCUT2D eigenvalue weighted by Gasteiger charge is -2.13. The highest BCUT2D eigenvalue weighted by Crippen LogP contribution is 2.29. The summed E-state index contributed by atoms with van der Waals surface area (Å²) in [5.41, 5.74) is 6.57. The number of halogens is 1. The number of phenols is 1. The molecule has 0 aliphatic carbocycles. The minimum Gasteiger partial charge on any atom is -0.507 e. The molecule has 1 aromatic rings. The summed E-state index contributed by atoms with van der Waals surface area (Å²) < 4.78 is 13.0. The molecule has 0 amide bonds. The van der Waals surface area contributed by atoms with Crippen LogP contribution in [-0.4, -0.2) is 5.11 Å². The standard InChI is InChI=1S/C11H14FNO/c1-3-4-10(13)8-5-6-9(12)7(2)11(8)14/h3,5-6,10,14H,1,4,13H2,2H3/t10-/m0/s1. The second-order valence-electron chi connectivity index (χ2n) is 3.24. The van der Waals surface area contributed by atoms with E-state index in [0.717, 1.165) is 0 Å². The van der Waals surface area contributed by atoms with Gasteiger partial charge < -0.3 is 10.8 Å². The topological polar surface area (TPSA) is 46.2 Å². The van der Waals surface area contributed by atoms with Crippen molar-refractivity contribution < 1.29 is 9.50 Å². The van der Waals surface area contributed by atoms with E-state index in [2.05, 4.69) is 6.58 Å². The first kappa shape index (κ1) is 10.7. The summed E-state index contributed by atoms with van der Waals surface area (Å²) in [5, 5.41) is 9.62. The van der Waals surface area contributed by atoms with E-state index < -0.39 is 5.82 Å². The average Bonchev–Trinajstić information content (AvgIpc) is 2.15. The van der Waals surface area contributed by atoms with Gasteiger partial charge in [-0.3, -0.25) is 0 Å². The first-order valence-electron chi connectivity index (χ1n) is 4.42. The first-order chi connectivity index (χ1) is 6.57. The van der Waals surface area contributed by atoms with Crippen LogP contribution < -0.4 is 5.73 Å². The second kappa shape index (κ2) is 4.24. The maximum atomic E-state index is 13.0. The van der Waals surface area contributed by atoms with Crippen molar-refractivity contribution in [2.75, 3.05) is 0 Å². The number of phenolic OH excluding ortho intramolecular Hbond substituents is 1. The number of benzene rings is 1. The highest BCUT2D eigenvalue weighted by Gasteiger charge is 2.13. The van der Waals surface area contributed by atoms with Crippen molar-refractivity contribution in [2.45, 2.75) is 19.4 Å². The summed E-state index contributed by atoms with van der Waals surface area (Å²) in [4.78, 5) is 0. The lowest BCUT2D eigenvalue weighted by molar-refractivity contribution is 0.449. The smallest absolute Gasteiger partial charge is 0.129 e. The quantitative estimate of drug-likeness (QED) is 0.727. The third kappa shape index (κ3) is 1.93. The fraction of sp³-hybridized carbons (Fsp3) is 0.273. The molecular weight excluding hydrogens is 181 g/mol. The molecule has 0 aliphatic heterocycles. The molecule has 1 rings (SSSR count). The summed E-state index contributed by atoms with van der Waals surface area (Å²) in [6.45, 7) is 5.08. The predicted molar refractivity (Wildman–Crippen MR) is 54.5 cm³/mol. The van der Waals surface area contributed by atoms with Crippen molar-refractivity contribution >= 4 is 0 Å². The van der Waals surface area contributed by atoms with Gasteiger partial charge in [0.25, 0.3) is 0 Å². The fourth-order valence-corrected chi connectivity index (χ4v) is 1.30. The molecule has 0 aromatic heterocycles. The van der Waals surface area contributed by atoms with E-state index in [1.165, 1.54) is 19.1 Å². The summed E-state index contributed by atoms with van der Waals surface area (Å²) in [6, 6.07) is 2.49. The van der Waals surface area contributed by atoms with Crippen molar-refractivity contribution in [1.82, 2.24) is 0 Å². The van der Waals surface area contributed by atoms with Crippen molar-refractivity contribution in [3.63, 3.8) is 0 Å². The van der Waals surface area contributed by atoms with E-state index >= 15 is 0 Å². The molecule has 1 aromatic carbocycles. The zero-order chi connectivity index (χ0) is 10.7. The van der Waals surface area contributed by atoms with E-state index in [4.69, 9.17) is 5.73 Å². The number of aromatic hydroxyl groups is 1. The maximum absolute atomic E-state index is 13.0. The average molecular weight is 195 g/mol. The molecule has 0 bridgehead atoms. The number of nitrogens with two attached hydrogens (primary N) is 1. The molecule has 3 N–H and O–H groups in total. The van der Waals surface area contributed by atoms with Gasteiger partial charge in [-0.2, -0.15) is 0 Å². The molecule has 0 spiro atoms. The monoisotopic (exact) mass is 195 g/mol. The highest BCUT2D eigenvalue weighted by atomic mass is 19.1. The van der Waals surface area contributed by atoms with E-state index in [9.17, 15) is 9.50 Å². The van der Waals surface area contributed by atoms with E-state index in [-0.39, 0.29) is 17.4 Å². The number of rotatable bonds is 3. The van der Waals surface area contributed by atoms with Gasteiger partial charge >= 0.3 is 0 Å². The van der Waals surface area contributed by atoms with Crippen LogP contribution in [0.5, 0.6) is 5.75 Å². The molecule has 1 atom stereocenters. The molecule has 0 aliphatic rings. The van der Waals surface area contributed by atoms with Gasteiger partial charge in [-0.15, -0.1) is 6.58 Å². The van der Waals surface area contributed by atoms with Gasteiger partial charge in [-0.05, 0) is 19.4 Å². The Morgan fingerprint density at radius 3 is 2.86 bits per heavy atom. The Morgan fingerprint density at radius 2 is 2.29 bits per heavy atom. The summed E-state index contributed by atoms with van der Waals surface area (Å²) in [5.74, 6) is -0.476. The van der Waals surface area contributed by atoms with E-state index in [1.54, 1.807) is 6.08 Å². The largest absolute Gasteiger partial charge is 0.507 e. The van der Waals surface area contributed by atoms with Crippen molar-refractivity contribution in [2.24, 2.45) is 5.73 Å². The van der Waals surface area contributed by atoms with E-state index in [1.807, 2.05) is 0 Å². The summed E-state index contributed by atoms with van der Waals surface area (Å²) in [7, 11) is 0. The van der Waals surface area contributed by atoms with Gasteiger partial charge in [0.15, 0.2) is 0 Å². The molecule has 76 valence electrons. The highest BCUT2D eigenvalue weighted by molar-refractivity contribution is 5.42.